The summed E-state index contributed by atoms with van der Waals surface area (Å²) in [5.41, 5.74) is 1.49. The first-order chi connectivity index (χ1) is 9.56. The van der Waals surface area contributed by atoms with Crippen LogP contribution >= 0.6 is 31.9 Å². The summed E-state index contributed by atoms with van der Waals surface area (Å²) >= 11 is 6.45. The summed E-state index contributed by atoms with van der Waals surface area (Å²) in [6.07, 6.45) is 0. The van der Waals surface area contributed by atoms with Crippen molar-refractivity contribution in [3.8, 4) is 0 Å². The Morgan fingerprint density at radius 1 is 1.10 bits per heavy atom. The lowest BCUT2D eigenvalue weighted by atomic mass is 10.2. The molecule has 0 aliphatic heterocycles. The molecule has 2 aromatic carbocycles. The summed E-state index contributed by atoms with van der Waals surface area (Å²) in [5, 5.41) is 5.43. The normalized spacial score (nSPS) is 10.2. The summed E-state index contributed by atoms with van der Waals surface area (Å²) < 4.78 is 14.3. The smallest absolute Gasteiger partial charge is 0.319 e. The highest BCUT2D eigenvalue weighted by atomic mass is 79.9. The zero-order valence-electron chi connectivity index (χ0n) is 10.3. The molecule has 0 atom stereocenters. The zero-order valence-corrected chi connectivity index (χ0v) is 13.5. The minimum Gasteiger partial charge on any atom is -0.334 e. The predicted octanol–water partition coefficient (Wildman–Crippen LogP) is 4.67. The Morgan fingerprint density at radius 2 is 1.85 bits per heavy atom. The molecule has 0 fully saturated rings. The minimum absolute atomic E-state index is 0.315. The Labute approximate surface area is 132 Å². The quantitative estimate of drug-likeness (QED) is 0.770. The number of para-hydroxylation sites is 1. The summed E-state index contributed by atoms with van der Waals surface area (Å²) in [6, 6.07) is 11.6. The minimum atomic E-state index is -0.327. The molecule has 0 heterocycles. The number of urea groups is 1. The summed E-state index contributed by atoms with van der Waals surface area (Å²) in [5.74, 6) is -0.327. The van der Waals surface area contributed by atoms with Crippen LogP contribution in [-0.4, -0.2) is 6.03 Å². The second kappa shape index (κ2) is 6.85. The molecule has 2 aromatic rings. The Bertz CT molecular complexity index is 634. The number of hydrogen-bond acceptors (Lipinski definition) is 1. The van der Waals surface area contributed by atoms with Crippen molar-refractivity contribution in [2.24, 2.45) is 0 Å². The van der Waals surface area contributed by atoms with Crippen LogP contribution in [0.1, 0.15) is 5.56 Å². The lowest BCUT2D eigenvalue weighted by Crippen LogP contribution is -2.28. The molecule has 104 valence electrons. The van der Waals surface area contributed by atoms with Crippen LogP contribution in [0.3, 0.4) is 0 Å². The van der Waals surface area contributed by atoms with Crippen LogP contribution < -0.4 is 10.6 Å². The molecule has 0 bridgehead atoms. The van der Waals surface area contributed by atoms with Crippen LogP contribution in [0, 0.1) is 5.82 Å². The van der Waals surface area contributed by atoms with Gasteiger partial charge in [-0.2, -0.15) is 0 Å². The van der Waals surface area contributed by atoms with E-state index < -0.39 is 0 Å². The van der Waals surface area contributed by atoms with E-state index in [1.54, 1.807) is 18.2 Å². The average molecular weight is 402 g/mol. The summed E-state index contributed by atoms with van der Waals surface area (Å²) in [4.78, 5) is 11.8. The number of carbonyl (C=O) groups is 1. The maximum absolute atomic E-state index is 13.1. The molecule has 6 heteroatoms. The number of carbonyl (C=O) groups excluding carboxylic acids is 1. The lowest BCUT2D eigenvalue weighted by Gasteiger charge is -2.09. The number of anilines is 1. The van der Waals surface area contributed by atoms with E-state index in [1.807, 2.05) is 18.2 Å². The fourth-order valence-electron chi connectivity index (χ4n) is 1.56. The summed E-state index contributed by atoms with van der Waals surface area (Å²) in [7, 11) is 0. The second-order valence-electron chi connectivity index (χ2n) is 4.04. The van der Waals surface area contributed by atoms with Crippen molar-refractivity contribution in [2.75, 3.05) is 5.32 Å². The van der Waals surface area contributed by atoms with Gasteiger partial charge in [-0.3, -0.25) is 0 Å². The monoisotopic (exact) mass is 400 g/mol. The highest BCUT2D eigenvalue weighted by Crippen LogP contribution is 2.21. The van der Waals surface area contributed by atoms with Gasteiger partial charge in [0.05, 0.1) is 10.2 Å². The predicted molar refractivity (Wildman–Crippen MR) is 84.1 cm³/mol. The van der Waals surface area contributed by atoms with Gasteiger partial charge in [0.25, 0.3) is 0 Å². The van der Waals surface area contributed by atoms with Gasteiger partial charge in [-0.25, -0.2) is 9.18 Å². The number of halogens is 3. The maximum Gasteiger partial charge on any atom is 0.319 e. The van der Waals surface area contributed by atoms with Gasteiger partial charge in [0.1, 0.15) is 5.82 Å². The molecular weight excluding hydrogens is 391 g/mol. The highest BCUT2D eigenvalue weighted by Gasteiger charge is 2.05. The Hall–Kier alpha value is -1.40. The lowest BCUT2D eigenvalue weighted by molar-refractivity contribution is 0.251. The molecular formula is C14H11Br2FN2O. The molecule has 0 aliphatic rings. The highest BCUT2D eigenvalue weighted by molar-refractivity contribution is 9.10. The maximum atomic E-state index is 13.1. The molecule has 0 saturated carbocycles. The number of benzene rings is 2. The van der Waals surface area contributed by atoms with E-state index in [0.29, 0.717) is 16.7 Å². The van der Waals surface area contributed by atoms with E-state index in [4.69, 9.17) is 0 Å². The van der Waals surface area contributed by atoms with E-state index >= 15 is 0 Å². The Balaban J connectivity index is 1.92. The Morgan fingerprint density at radius 3 is 2.55 bits per heavy atom. The average Bonchev–Trinajstić information content (AvgIpc) is 2.43. The first-order valence-corrected chi connectivity index (χ1v) is 7.38. The van der Waals surface area contributed by atoms with Crippen molar-refractivity contribution in [3.05, 3.63) is 62.8 Å². The fourth-order valence-corrected chi connectivity index (χ4v) is 2.37. The van der Waals surface area contributed by atoms with Gasteiger partial charge in [0, 0.05) is 11.0 Å². The third kappa shape index (κ3) is 4.05. The van der Waals surface area contributed by atoms with Crippen LogP contribution in [0.2, 0.25) is 0 Å². The molecule has 2 rings (SSSR count). The van der Waals surface area contributed by atoms with Crippen LogP contribution in [0.4, 0.5) is 14.9 Å². The molecule has 0 aromatic heterocycles. The third-order valence-electron chi connectivity index (χ3n) is 2.56. The van der Waals surface area contributed by atoms with Crippen molar-refractivity contribution >= 4 is 43.6 Å². The van der Waals surface area contributed by atoms with Gasteiger partial charge < -0.3 is 10.6 Å². The first-order valence-electron chi connectivity index (χ1n) is 5.79. The molecule has 20 heavy (non-hydrogen) atoms. The van der Waals surface area contributed by atoms with Crippen LogP contribution in [0.5, 0.6) is 0 Å². The van der Waals surface area contributed by atoms with Crippen LogP contribution in [-0.2, 0) is 6.54 Å². The molecule has 0 saturated heterocycles. The topological polar surface area (TPSA) is 41.1 Å². The third-order valence-corrected chi connectivity index (χ3v) is 3.86. The zero-order chi connectivity index (χ0) is 14.5. The van der Waals surface area contributed by atoms with Gasteiger partial charge in [-0.1, -0.05) is 18.2 Å². The van der Waals surface area contributed by atoms with E-state index in [2.05, 4.69) is 42.5 Å². The second-order valence-corrected chi connectivity index (χ2v) is 5.74. The molecule has 0 aliphatic carbocycles. The standard InChI is InChI=1S/C14H11Br2FN2O/c15-10-3-1-2-4-13(10)19-14(20)18-8-9-5-6-12(17)11(16)7-9/h1-7H,8H2,(H2,18,19,20). The fraction of sp³-hybridized carbons (Fsp3) is 0.0714. The van der Waals surface area contributed by atoms with E-state index in [9.17, 15) is 9.18 Å². The van der Waals surface area contributed by atoms with E-state index in [0.717, 1.165) is 10.0 Å². The SMILES string of the molecule is O=C(NCc1ccc(F)c(Br)c1)Nc1ccccc1Br. The number of hydrogen-bond donors (Lipinski definition) is 2. The number of amides is 2. The van der Waals surface area contributed by atoms with Crippen molar-refractivity contribution in [1.82, 2.24) is 5.32 Å². The number of rotatable bonds is 3. The first kappa shape index (κ1) is 15.0. The van der Waals surface area contributed by atoms with Crippen molar-refractivity contribution in [2.45, 2.75) is 6.54 Å². The molecule has 2 N–H and O–H groups in total. The molecule has 2 amide bonds. The molecule has 0 unspecified atom stereocenters. The van der Waals surface area contributed by atoms with E-state index in [1.165, 1.54) is 6.07 Å². The van der Waals surface area contributed by atoms with Crippen molar-refractivity contribution in [3.63, 3.8) is 0 Å². The van der Waals surface area contributed by atoms with Crippen LogP contribution in [0.25, 0.3) is 0 Å². The number of nitrogens with one attached hydrogen (secondary N) is 2. The molecule has 0 spiro atoms. The van der Waals surface area contributed by atoms with Crippen molar-refractivity contribution in [1.29, 1.82) is 0 Å². The largest absolute Gasteiger partial charge is 0.334 e. The molecule has 3 nitrogen and oxygen atoms in total. The van der Waals surface area contributed by atoms with Crippen LogP contribution in [0.15, 0.2) is 51.4 Å². The van der Waals surface area contributed by atoms with Crippen molar-refractivity contribution < 1.29 is 9.18 Å². The van der Waals surface area contributed by atoms with Gasteiger partial charge >= 0.3 is 6.03 Å². The molecule has 0 radical (unpaired) electrons. The Kier molecular flexibility index (Phi) is 5.14. The summed E-state index contributed by atoms with van der Waals surface area (Å²) in [6.45, 7) is 0.315. The van der Waals surface area contributed by atoms with Gasteiger partial charge in [-0.15, -0.1) is 0 Å². The van der Waals surface area contributed by atoms with Gasteiger partial charge in [0.15, 0.2) is 0 Å². The van der Waals surface area contributed by atoms with E-state index in [-0.39, 0.29) is 11.8 Å². The van der Waals surface area contributed by atoms with Gasteiger partial charge in [0.2, 0.25) is 0 Å². The van der Waals surface area contributed by atoms with Gasteiger partial charge in [-0.05, 0) is 61.7 Å².